The summed E-state index contributed by atoms with van der Waals surface area (Å²) < 4.78 is 5.30. The Kier molecular flexibility index (Phi) is 2.65. The highest BCUT2D eigenvalue weighted by molar-refractivity contribution is 5.83. The minimum absolute atomic E-state index is 0.0406. The number of ether oxygens (including phenoxy) is 1. The minimum Gasteiger partial charge on any atom is -0.491 e. The van der Waals surface area contributed by atoms with Crippen LogP contribution in [0, 0.1) is 6.07 Å². The van der Waals surface area contributed by atoms with Crippen molar-refractivity contribution < 1.29 is 9.84 Å². The fourth-order valence-electron chi connectivity index (χ4n) is 1.35. The van der Waals surface area contributed by atoms with Crippen molar-refractivity contribution in [2.24, 2.45) is 0 Å². The van der Waals surface area contributed by atoms with E-state index in [-0.39, 0.29) is 6.61 Å². The van der Waals surface area contributed by atoms with E-state index in [1.807, 2.05) is 36.4 Å². The molecule has 0 amide bonds. The third kappa shape index (κ3) is 1.86. The predicted octanol–water partition coefficient (Wildman–Crippen LogP) is 2.01. The highest BCUT2D eigenvalue weighted by atomic mass is 16.5. The number of aliphatic hydroxyl groups excluding tert-OH is 1. The molecule has 2 rings (SSSR count). The van der Waals surface area contributed by atoms with Crippen molar-refractivity contribution >= 4 is 10.8 Å². The number of hydrogen-bond acceptors (Lipinski definition) is 2. The number of rotatable bonds is 3. The maximum absolute atomic E-state index is 8.61. The molecule has 0 saturated heterocycles. The average Bonchev–Trinajstić information content (AvgIpc) is 2.26. The van der Waals surface area contributed by atoms with Gasteiger partial charge in [0.2, 0.25) is 0 Å². The molecule has 2 heteroatoms. The van der Waals surface area contributed by atoms with E-state index in [1.54, 1.807) is 0 Å². The molecular weight excluding hydrogens is 176 g/mol. The first-order valence-corrected chi connectivity index (χ1v) is 4.54. The van der Waals surface area contributed by atoms with Crippen LogP contribution in [0.4, 0.5) is 0 Å². The Bertz CT molecular complexity index is 423. The lowest BCUT2D eigenvalue weighted by molar-refractivity contribution is 0.201. The molecule has 0 aliphatic heterocycles. The van der Waals surface area contributed by atoms with Gasteiger partial charge >= 0.3 is 0 Å². The molecule has 0 atom stereocenters. The maximum Gasteiger partial charge on any atom is 0.120 e. The van der Waals surface area contributed by atoms with Crippen molar-refractivity contribution in [2.45, 2.75) is 0 Å². The van der Waals surface area contributed by atoms with Gasteiger partial charge in [0.15, 0.2) is 0 Å². The van der Waals surface area contributed by atoms with Gasteiger partial charge in [-0.25, -0.2) is 0 Å². The Hall–Kier alpha value is -1.54. The smallest absolute Gasteiger partial charge is 0.120 e. The summed E-state index contributed by atoms with van der Waals surface area (Å²) in [6.45, 7) is 0.376. The summed E-state index contributed by atoms with van der Waals surface area (Å²) >= 11 is 0. The molecule has 0 bridgehead atoms. The fraction of sp³-hybridized carbons (Fsp3) is 0.167. The Morgan fingerprint density at radius 2 is 2.21 bits per heavy atom. The topological polar surface area (TPSA) is 29.5 Å². The molecule has 14 heavy (non-hydrogen) atoms. The fourth-order valence-corrected chi connectivity index (χ4v) is 1.35. The molecule has 0 heterocycles. The molecule has 71 valence electrons. The molecule has 0 unspecified atom stereocenters. The first-order chi connectivity index (χ1) is 6.90. The van der Waals surface area contributed by atoms with Gasteiger partial charge in [-0.05, 0) is 29.0 Å². The lowest BCUT2D eigenvalue weighted by Crippen LogP contribution is -2.01. The largest absolute Gasteiger partial charge is 0.491 e. The number of aliphatic hydroxyl groups is 1. The van der Waals surface area contributed by atoms with Crippen LogP contribution in [-0.4, -0.2) is 18.3 Å². The molecule has 0 aliphatic rings. The summed E-state index contributed by atoms with van der Waals surface area (Å²) in [5.41, 5.74) is 0. The highest BCUT2D eigenvalue weighted by Crippen LogP contribution is 2.19. The van der Waals surface area contributed by atoms with Gasteiger partial charge in [0, 0.05) is 0 Å². The number of benzene rings is 2. The van der Waals surface area contributed by atoms with E-state index in [0.29, 0.717) is 6.61 Å². The van der Waals surface area contributed by atoms with Crippen LogP contribution >= 0.6 is 0 Å². The zero-order chi connectivity index (χ0) is 9.80. The van der Waals surface area contributed by atoms with Crippen molar-refractivity contribution in [1.29, 1.82) is 0 Å². The zero-order valence-corrected chi connectivity index (χ0v) is 7.73. The van der Waals surface area contributed by atoms with E-state index in [1.165, 1.54) is 0 Å². The van der Waals surface area contributed by atoms with Crippen molar-refractivity contribution in [3.63, 3.8) is 0 Å². The van der Waals surface area contributed by atoms with E-state index < -0.39 is 0 Å². The van der Waals surface area contributed by atoms with Crippen LogP contribution in [0.2, 0.25) is 0 Å². The third-order valence-electron chi connectivity index (χ3n) is 1.99. The van der Waals surface area contributed by atoms with Crippen LogP contribution in [0.3, 0.4) is 0 Å². The van der Waals surface area contributed by atoms with Crippen molar-refractivity contribution in [2.75, 3.05) is 13.2 Å². The second-order valence-electron chi connectivity index (χ2n) is 2.99. The van der Waals surface area contributed by atoms with Crippen LogP contribution in [0.1, 0.15) is 0 Å². The van der Waals surface area contributed by atoms with E-state index >= 15 is 0 Å². The van der Waals surface area contributed by atoms with Crippen molar-refractivity contribution in [3.05, 3.63) is 42.5 Å². The molecule has 0 spiro atoms. The monoisotopic (exact) mass is 187 g/mol. The van der Waals surface area contributed by atoms with Gasteiger partial charge in [-0.15, -0.1) is 0 Å². The van der Waals surface area contributed by atoms with E-state index in [0.717, 1.165) is 16.5 Å². The molecule has 2 aromatic rings. The Morgan fingerprint density at radius 1 is 1.29 bits per heavy atom. The molecule has 0 aliphatic carbocycles. The average molecular weight is 187 g/mol. The van der Waals surface area contributed by atoms with Gasteiger partial charge < -0.3 is 9.84 Å². The van der Waals surface area contributed by atoms with E-state index in [2.05, 4.69) is 6.07 Å². The van der Waals surface area contributed by atoms with Crippen LogP contribution in [0.5, 0.6) is 5.75 Å². The van der Waals surface area contributed by atoms with Crippen LogP contribution in [-0.2, 0) is 0 Å². The van der Waals surface area contributed by atoms with Crippen LogP contribution in [0.25, 0.3) is 10.8 Å². The van der Waals surface area contributed by atoms with E-state index in [9.17, 15) is 0 Å². The molecule has 0 saturated carbocycles. The molecular formula is C12H11O2. The van der Waals surface area contributed by atoms with Crippen LogP contribution in [0.15, 0.2) is 36.4 Å². The molecule has 1 N–H and O–H groups in total. The molecule has 1 radical (unpaired) electrons. The van der Waals surface area contributed by atoms with Crippen molar-refractivity contribution in [1.82, 2.24) is 0 Å². The lowest BCUT2D eigenvalue weighted by atomic mass is 10.1. The van der Waals surface area contributed by atoms with Gasteiger partial charge in [0.25, 0.3) is 0 Å². The van der Waals surface area contributed by atoms with Gasteiger partial charge in [-0.2, -0.15) is 0 Å². The zero-order valence-electron chi connectivity index (χ0n) is 7.73. The molecule has 0 fully saturated rings. The van der Waals surface area contributed by atoms with Gasteiger partial charge in [-0.1, -0.05) is 24.3 Å². The normalized spacial score (nSPS) is 10.4. The number of hydrogen-bond donors (Lipinski definition) is 1. The highest BCUT2D eigenvalue weighted by Gasteiger charge is 1.95. The quantitative estimate of drug-likeness (QED) is 0.796. The van der Waals surface area contributed by atoms with Gasteiger partial charge in [0.05, 0.1) is 6.61 Å². The third-order valence-corrected chi connectivity index (χ3v) is 1.99. The summed E-state index contributed by atoms with van der Waals surface area (Å²) in [6, 6.07) is 14.8. The Labute approximate surface area is 82.8 Å². The molecule has 0 aromatic heterocycles. The maximum atomic E-state index is 8.61. The first kappa shape index (κ1) is 9.03. The Morgan fingerprint density at radius 3 is 3.07 bits per heavy atom. The SMILES string of the molecule is OCCOc1ccc2[c]cccc2c1. The lowest BCUT2D eigenvalue weighted by Gasteiger charge is -2.04. The number of fused-ring (bicyclic) bond motifs is 1. The van der Waals surface area contributed by atoms with Gasteiger partial charge in [0.1, 0.15) is 12.4 Å². The van der Waals surface area contributed by atoms with E-state index in [4.69, 9.17) is 9.84 Å². The second-order valence-corrected chi connectivity index (χ2v) is 2.99. The Balaban J connectivity index is 2.32. The molecule has 2 nitrogen and oxygen atoms in total. The minimum atomic E-state index is 0.0406. The van der Waals surface area contributed by atoms with Gasteiger partial charge in [-0.3, -0.25) is 0 Å². The summed E-state index contributed by atoms with van der Waals surface area (Å²) in [4.78, 5) is 0. The predicted molar refractivity (Wildman–Crippen MR) is 55.4 cm³/mol. The first-order valence-electron chi connectivity index (χ1n) is 4.54. The summed E-state index contributed by atoms with van der Waals surface area (Å²) in [5.74, 6) is 0.783. The molecule has 2 aromatic carbocycles. The standard InChI is InChI=1S/C12H11O2/c13-7-8-14-12-6-5-10-3-1-2-4-11(10)9-12/h1-2,4-6,9,13H,7-8H2. The summed E-state index contributed by atoms with van der Waals surface area (Å²) in [6.07, 6.45) is 0. The summed E-state index contributed by atoms with van der Waals surface area (Å²) in [7, 11) is 0. The summed E-state index contributed by atoms with van der Waals surface area (Å²) in [5, 5.41) is 10.8. The second kappa shape index (κ2) is 4.11. The van der Waals surface area contributed by atoms with Crippen LogP contribution < -0.4 is 4.74 Å². The van der Waals surface area contributed by atoms with Crippen molar-refractivity contribution in [3.8, 4) is 5.75 Å².